The number of ether oxygens (including phenoxy) is 1. The Kier molecular flexibility index (Phi) is 4.27. The van der Waals surface area contributed by atoms with Crippen LogP contribution >= 0.6 is 0 Å². The van der Waals surface area contributed by atoms with E-state index in [0.717, 1.165) is 5.56 Å². The normalized spacial score (nSPS) is 10.4. The number of rotatable bonds is 5. The number of carbonyl (C=O) groups is 1. The Morgan fingerprint density at radius 3 is 3.00 bits per heavy atom. The number of nitrogens with zero attached hydrogens (tertiary/aromatic N) is 1. The van der Waals surface area contributed by atoms with Gasteiger partial charge in [-0.25, -0.2) is 0 Å². The number of anilines is 1. The number of nitrogens with one attached hydrogen (secondary N) is 1. The van der Waals surface area contributed by atoms with Crippen LogP contribution in [0.2, 0.25) is 0 Å². The summed E-state index contributed by atoms with van der Waals surface area (Å²) in [6.07, 6.45) is 0. The first-order chi connectivity index (χ1) is 9.24. The van der Waals surface area contributed by atoms with Crippen molar-refractivity contribution in [2.45, 2.75) is 13.2 Å². The van der Waals surface area contributed by atoms with Crippen molar-refractivity contribution in [3.63, 3.8) is 0 Å². The molecule has 0 bridgehead atoms. The third kappa shape index (κ3) is 3.18. The second-order valence-corrected chi connectivity index (χ2v) is 3.93. The van der Waals surface area contributed by atoms with E-state index in [2.05, 4.69) is 10.5 Å². The first-order valence-electron chi connectivity index (χ1n) is 5.78. The van der Waals surface area contributed by atoms with Crippen molar-refractivity contribution in [3.8, 4) is 0 Å². The Morgan fingerprint density at radius 2 is 2.26 bits per heavy atom. The highest BCUT2D eigenvalue weighted by Crippen LogP contribution is 2.15. The largest absolute Gasteiger partial charge is 0.377 e. The fourth-order valence-electron chi connectivity index (χ4n) is 1.64. The standard InChI is InChI=1S/C13H15N3O3/c1-18-8-10-6-12(16-19-10)13(17)15-11-5-3-2-4-9(11)7-14/h2-6H,7-8,14H2,1H3,(H,15,17). The van der Waals surface area contributed by atoms with Gasteiger partial charge in [0.1, 0.15) is 6.61 Å². The van der Waals surface area contributed by atoms with Crippen molar-refractivity contribution in [1.29, 1.82) is 0 Å². The maximum atomic E-state index is 12.0. The van der Waals surface area contributed by atoms with E-state index in [0.29, 0.717) is 18.0 Å². The van der Waals surface area contributed by atoms with Crippen molar-refractivity contribution >= 4 is 11.6 Å². The van der Waals surface area contributed by atoms with Gasteiger partial charge in [0, 0.05) is 25.4 Å². The molecule has 1 aromatic heterocycles. The molecule has 1 amide bonds. The third-order valence-corrected chi connectivity index (χ3v) is 2.56. The van der Waals surface area contributed by atoms with Gasteiger partial charge in [0.25, 0.3) is 5.91 Å². The smallest absolute Gasteiger partial charge is 0.277 e. The van der Waals surface area contributed by atoms with Crippen LogP contribution in [0.1, 0.15) is 21.8 Å². The summed E-state index contributed by atoms with van der Waals surface area (Å²) in [6.45, 7) is 0.629. The molecule has 0 saturated carbocycles. The summed E-state index contributed by atoms with van der Waals surface area (Å²) in [4.78, 5) is 12.0. The van der Waals surface area contributed by atoms with Crippen molar-refractivity contribution in [3.05, 3.63) is 47.3 Å². The topological polar surface area (TPSA) is 90.4 Å². The maximum Gasteiger partial charge on any atom is 0.277 e. The molecule has 0 fully saturated rings. The highest BCUT2D eigenvalue weighted by atomic mass is 16.5. The molecule has 0 spiro atoms. The highest BCUT2D eigenvalue weighted by molar-refractivity contribution is 6.03. The van der Waals surface area contributed by atoms with Crippen LogP contribution < -0.4 is 11.1 Å². The van der Waals surface area contributed by atoms with Crippen molar-refractivity contribution in [1.82, 2.24) is 5.16 Å². The van der Waals surface area contributed by atoms with Gasteiger partial charge in [-0.05, 0) is 11.6 Å². The maximum absolute atomic E-state index is 12.0. The van der Waals surface area contributed by atoms with Crippen LogP contribution in [0, 0.1) is 0 Å². The molecular weight excluding hydrogens is 246 g/mol. The molecule has 6 heteroatoms. The van der Waals surface area contributed by atoms with E-state index < -0.39 is 0 Å². The minimum Gasteiger partial charge on any atom is -0.377 e. The van der Waals surface area contributed by atoms with Gasteiger partial charge < -0.3 is 20.3 Å². The van der Waals surface area contributed by atoms with E-state index >= 15 is 0 Å². The predicted octanol–water partition coefficient (Wildman–Crippen LogP) is 1.53. The average molecular weight is 261 g/mol. The number of aromatic nitrogens is 1. The van der Waals surface area contributed by atoms with E-state index in [1.54, 1.807) is 19.2 Å². The number of methoxy groups -OCH3 is 1. The number of nitrogens with two attached hydrogens (primary N) is 1. The monoisotopic (exact) mass is 261 g/mol. The molecule has 0 aliphatic carbocycles. The highest BCUT2D eigenvalue weighted by Gasteiger charge is 2.13. The number of hydrogen-bond acceptors (Lipinski definition) is 5. The number of hydrogen-bond donors (Lipinski definition) is 2. The van der Waals surface area contributed by atoms with Gasteiger partial charge in [0.15, 0.2) is 11.5 Å². The van der Waals surface area contributed by atoms with Crippen LogP contribution in [0.4, 0.5) is 5.69 Å². The van der Waals surface area contributed by atoms with Gasteiger partial charge in [-0.15, -0.1) is 0 Å². The van der Waals surface area contributed by atoms with E-state index in [-0.39, 0.29) is 18.2 Å². The van der Waals surface area contributed by atoms with E-state index in [1.807, 2.05) is 18.2 Å². The zero-order valence-electron chi connectivity index (χ0n) is 10.6. The average Bonchev–Trinajstić information content (AvgIpc) is 2.88. The Bertz CT molecular complexity index is 566. The summed E-state index contributed by atoms with van der Waals surface area (Å²) in [5, 5.41) is 6.44. The van der Waals surface area contributed by atoms with Crippen LogP contribution in [0.15, 0.2) is 34.9 Å². The fourth-order valence-corrected chi connectivity index (χ4v) is 1.64. The van der Waals surface area contributed by atoms with Gasteiger partial charge in [0.05, 0.1) is 0 Å². The summed E-state index contributed by atoms with van der Waals surface area (Å²) in [5.74, 6) is 0.159. The molecule has 2 aromatic rings. The van der Waals surface area contributed by atoms with Crippen molar-refractivity contribution in [2.75, 3.05) is 12.4 Å². The van der Waals surface area contributed by atoms with Crippen LogP contribution in [0.3, 0.4) is 0 Å². The molecule has 6 nitrogen and oxygen atoms in total. The summed E-state index contributed by atoms with van der Waals surface area (Å²) in [7, 11) is 1.54. The van der Waals surface area contributed by atoms with Gasteiger partial charge in [-0.2, -0.15) is 0 Å². The Morgan fingerprint density at radius 1 is 1.47 bits per heavy atom. The zero-order valence-corrected chi connectivity index (χ0v) is 10.6. The molecule has 1 aromatic carbocycles. The first-order valence-corrected chi connectivity index (χ1v) is 5.78. The lowest BCUT2D eigenvalue weighted by Gasteiger charge is -2.07. The van der Waals surface area contributed by atoms with Crippen molar-refractivity contribution < 1.29 is 14.1 Å². The summed E-state index contributed by atoms with van der Waals surface area (Å²) in [5.41, 5.74) is 7.34. The molecule has 2 rings (SSSR count). The molecule has 3 N–H and O–H groups in total. The number of amides is 1. The quantitative estimate of drug-likeness (QED) is 0.851. The fraction of sp³-hybridized carbons (Fsp3) is 0.231. The Balaban J connectivity index is 2.11. The van der Waals surface area contributed by atoms with Gasteiger partial charge in [-0.1, -0.05) is 23.4 Å². The Hall–Kier alpha value is -2.18. The molecular formula is C13H15N3O3. The second kappa shape index (κ2) is 6.12. The summed E-state index contributed by atoms with van der Waals surface area (Å²) in [6, 6.07) is 8.88. The number of carbonyl (C=O) groups excluding carboxylic acids is 1. The van der Waals surface area contributed by atoms with E-state index in [4.69, 9.17) is 15.0 Å². The molecule has 100 valence electrons. The van der Waals surface area contributed by atoms with Gasteiger partial charge in [0.2, 0.25) is 0 Å². The minimum absolute atomic E-state index is 0.207. The minimum atomic E-state index is -0.341. The molecule has 0 aliphatic heterocycles. The Labute approximate surface area is 110 Å². The van der Waals surface area contributed by atoms with Crippen LogP contribution in [-0.4, -0.2) is 18.2 Å². The summed E-state index contributed by atoms with van der Waals surface area (Å²) < 4.78 is 9.85. The van der Waals surface area contributed by atoms with Crippen molar-refractivity contribution in [2.24, 2.45) is 5.73 Å². The zero-order chi connectivity index (χ0) is 13.7. The molecule has 0 aliphatic rings. The molecule has 1 heterocycles. The molecule has 0 saturated heterocycles. The molecule has 0 unspecified atom stereocenters. The van der Waals surface area contributed by atoms with Crippen LogP contribution in [0.5, 0.6) is 0 Å². The number of benzene rings is 1. The summed E-state index contributed by atoms with van der Waals surface area (Å²) >= 11 is 0. The number of para-hydroxylation sites is 1. The van der Waals surface area contributed by atoms with Gasteiger partial charge in [-0.3, -0.25) is 4.79 Å². The third-order valence-electron chi connectivity index (χ3n) is 2.56. The molecule has 19 heavy (non-hydrogen) atoms. The van der Waals surface area contributed by atoms with E-state index in [9.17, 15) is 4.79 Å². The molecule has 0 radical (unpaired) electrons. The lowest BCUT2D eigenvalue weighted by atomic mass is 10.2. The lowest BCUT2D eigenvalue weighted by Crippen LogP contribution is -2.14. The van der Waals surface area contributed by atoms with Gasteiger partial charge >= 0.3 is 0 Å². The van der Waals surface area contributed by atoms with Crippen LogP contribution in [0.25, 0.3) is 0 Å². The lowest BCUT2D eigenvalue weighted by molar-refractivity contribution is 0.101. The van der Waals surface area contributed by atoms with Crippen LogP contribution in [-0.2, 0) is 17.9 Å². The van der Waals surface area contributed by atoms with E-state index in [1.165, 1.54) is 0 Å². The predicted molar refractivity (Wildman–Crippen MR) is 69.5 cm³/mol. The SMILES string of the molecule is COCc1cc(C(=O)Nc2ccccc2CN)no1. The first kappa shape index (κ1) is 13.3. The second-order valence-electron chi connectivity index (χ2n) is 3.93. The molecule has 0 atom stereocenters.